The van der Waals surface area contributed by atoms with Gasteiger partial charge in [-0.15, -0.1) is 0 Å². The zero-order valence-corrected chi connectivity index (χ0v) is 12.0. The molecule has 0 radical (unpaired) electrons. The number of anilines is 1. The van der Waals surface area contributed by atoms with Gasteiger partial charge in [0.05, 0.1) is 5.69 Å². The summed E-state index contributed by atoms with van der Waals surface area (Å²) in [6.45, 7) is 3.49. The lowest BCUT2D eigenvalue weighted by Gasteiger charge is -2.23. The summed E-state index contributed by atoms with van der Waals surface area (Å²) in [5, 5.41) is 8.79. The predicted molar refractivity (Wildman–Crippen MR) is 77.2 cm³/mol. The smallest absolute Gasteiger partial charge is 0.299 e. The number of benzene rings is 1. The first-order chi connectivity index (χ1) is 9.04. The van der Waals surface area contributed by atoms with Crippen molar-refractivity contribution in [3.63, 3.8) is 0 Å². The molecule has 6 heteroatoms. The van der Waals surface area contributed by atoms with E-state index in [1.165, 1.54) is 4.31 Å². The molecule has 0 amide bonds. The molecule has 1 aliphatic heterocycles. The SMILES string of the molecule is CCCNC1CCCN(S(N)(=O)=O)c2ccccc21. The summed E-state index contributed by atoms with van der Waals surface area (Å²) in [6, 6.07) is 7.78. The minimum absolute atomic E-state index is 0.197. The van der Waals surface area contributed by atoms with Gasteiger partial charge >= 0.3 is 0 Å². The van der Waals surface area contributed by atoms with E-state index in [0.717, 1.165) is 31.4 Å². The van der Waals surface area contributed by atoms with Gasteiger partial charge in [0, 0.05) is 12.6 Å². The Morgan fingerprint density at radius 2 is 2.16 bits per heavy atom. The Hall–Kier alpha value is -1.11. The third kappa shape index (κ3) is 3.26. The zero-order valence-electron chi connectivity index (χ0n) is 11.2. The summed E-state index contributed by atoms with van der Waals surface area (Å²) in [5.74, 6) is 0. The van der Waals surface area contributed by atoms with Crippen LogP contribution in [0.3, 0.4) is 0 Å². The Kier molecular flexibility index (Phi) is 4.44. The fourth-order valence-electron chi connectivity index (χ4n) is 2.52. The molecule has 0 aromatic heterocycles. The first kappa shape index (κ1) is 14.3. The van der Waals surface area contributed by atoms with Gasteiger partial charge in [0.2, 0.25) is 0 Å². The highest BCUT2D eigenvalue weighted by Gasteiger charge is 2.27. The van der Waals surface area contributed by atoms with Crippen LogP contribution in [0.1, 0.15) is 37.8 Å². The number of hydrogen-bond donors (Lipinski definition) is 2. The summed E-state index contributed by atoms with van der Waals surface area (Å²) in [5.41, 5.74) is 1.72. The Balaban J connectivity index is 2.39. The second-order valence-electron chi connectivity index (χ2n) is 4.82. The summed E-state index contributed by atoms with van der Waals surface area (Å²) in [7, 11) is -3.70. The second kappa shape index (κ2) is 5.90. The lowest BCUT2D eigenvalue weighted by molar-refractivity contribution is 0.497. The monoisotopic (exact) mass is 283 g/mol. The first-order valence-electron chi connectivity index (χ1n) is 6.67. The Bertz CT molecular complexity index is 530. The highest BCUT2D eigenvalue weighted by molar-refractivity contribution is 7.90. The highest BCUT2D eigenvalue weighted by Crippen LogP contribution is 2.33. The van der Waals surface area contributed by atoms with Gasteiger partial charge in [0.1, 0.15) is 0 Å². The molecule has 0 aliphatic carbocycles. The van der Waals surface area contributed by atoms with E-state index in [-0.39, 0.29) is 6.04 Å². The molecule has 1 aliphatic rings. The van der Waals surface area contributed by atoms with Crippen LogP contribution in [0.25, 0.3) is 0 Å². The number of fused-ring (bicyclic) bond motifs is 1. The molecule has 0 saturated carbocycles. The fraction of sp³-hybridized carbons (Fsp3) is 0.538. The molecule has 1 aromatic carbocycles. The van der Waals surface area contributed by atoms with Crippen LogP contribution < -0.4 is 14.8 Å². The van der Waals surface area contributed by atoms with Crippen molar-refractivity contribution in [2.75, 3.05) is 17.4 Å². The second-order valence-corrected chi connectivity index (χ2v) is 6.30. The number of para-hydroxylation sites is 1. The van der Waals surface area contributed by atoms with Crippen molar-refractivity contribution in [3.05, 3.63) is 29.8 Å². The van der Waals surface area contributed by atoms with Crippen molar-refractivity contribution in [1.82, 2.24) is 5.32 Å². The van der Waals surface area contributed by atoms with E-state index in [4.69, 9.17) is 5.14 Å². The Morgan fingerprint density at radius 1 is 1.42 bits per heavy atom. The number of rotatable bonds is 4. The number of nitrogens with zero attached hydrogens (tertiary/aromatic N) is 1. The molecule has 1 atom stereocenters. The Labute approximate surface area is 115 Å². The summed E-state index contributed by atoms with van der Waals surface area (Å²) >= 11 is 0. The quantitative estimate of drug-likeness (QED) is 0.880. The maximum Gasteiger partial charge on any atom is 0.299 e. The number of nitrogens with one attached hydrogen (secondary N) is 1. The van der Waals surface area contributed by atoms with Gasteiger partial charge in [-0.25, -0.2) is 5.14 Å². The average Bonchev–Trinajstić information content (AvgIpc) is 2.55. The molecule has 2 rings (SSSR count). The summed E-state index contributed by atoms with van der Waals surface area (Å²) in [4.78, 5) is 0. The molecule has 1 heterocycles. The topological polar surface area (TPSA) is 75.4 Å². The fourth-order valence-corrected chi connectivity index (χ4v) is 3.34. The van der Waals surface area contributed by atoms with Crippen molar-refractivity contribution < 1.29 is 8.42 Å². The molecule has 106 valence electrons. The number of nitrogens with two attached hydrogens (primary N) is 1. The molecule has 0 fully saturated rings. The third-order valence-electron chi connectivity index (χ3n) is 3.38. The average molecular weight is 283 g/mol. The highest BCUT2D eigenvalue weighted by atomic mass is 32.2. The lowest BCUT2D eigenvalue weighted by Crippen LogP contribution is -2.37. The van der Waals surface area contributed by atoms with Crippen molar-refractivity contribution in [3.8, 4) is 0 Å². The van der Waals surface area contributed by atoms with Crippen LogP contribution in [-0.4, -0.2) is 21.5 Å². The van der Waals surface area contributed by atoms with Crippen LogP contribution in [0.15, 0.2) is 24.3 Å². The van der Waals surface area contributed by atoms with E-state index in [2.05, 4.69) is 12.2 Å². The van der Waals surface area contributed by atoms with Gasteiger partial charge in [0.25, 0.3) is 10.2 Å². The number of hydrogen-bond acceptors (Lipinski definition) is 3. The van der Waals surface area contributed by atoms with Crippen molar-refractivity contribution in [2.24, 2.45) is 5.14 Å². The van der Waals surface area contributed by atoms with E-state index in [9.17, 15) is 8.42 Å². The molecular weight excluding hydrogens is 262 g/mol. The van der Waals surface area contributed by atoms with Crippen LogP contribution in [-0.2, 0) is 10.2 Å². The van der Waals surface area contributed by atoms with E-state index in [1.807, 2.05) is 24.3 Å². The van der Waals surface area contributed by atoms with Gasteiger partial charge in [0.15, 0.2) is 0 Å². The van der Waals surface area contributed by atoms with Gasteiger partial charge in [-0.3, -0.25) is 4.31 Å². The standard InChI is InChI=1S/C13H21N3O2S/c1-2-9-15-12-7-5-10-16(19(14,17)18)13-8-4-3-6-11(12)13/h3-4,6,8,12,15H,2,5,7,9-10H2,1H3,(H2,14,17,18). The molecule has 5 nitrogen and oxygen atoms in total. The van der Waals surface area contributed by atoms with Crippen LogP contribution in [0.5, 0.6) is 0 Å². The lowest BCUT2D eigenvalue weighted by atomic mass is 10.0. The maximum atomic E-state index is 11.7. The first-order valence-corrected chi connectivity index (χ1v) is 8.17. The largest absolute Gasteiger partial charge is 0.310 e. The summed E-state index contributed by atoms with van der Waals surface area (Å²) in [6.07, 6.45) is 2.77. The summed E-state index contributed by atoms with van der Waals surface area (Å²) < 4.78 is 24.7. The molecule has 0 spiro atoms. The molecule has 1 unspecified atom stereocenters. The molecule has 1 aromatic rings. The van der Waals surface area contributed by atoms with Crippen molar-refractivity contribution in [1.29, 1.82) is 0 Å². The van der Waals surface area contributed by atoms with Crippen molar-refractivity contribution in [2.45, 2.75) is 32.2 Å². The maximum absolute atomic E-state index is 11.7. The molecular formula is C13H21N3O2S. The van der Waals surface area contributed by atoms with Gasteiger partial charge in [-0.05, 0) is 37.4 Å². The van der Waals surface area contributed by atoms with Gasteiger partial charge in [-0.1, -0.05) is 25.1 Å². The van der Waals surface area contributed by atoms with Gasteiger partial charge < -0.3 is 5.32 Å². The van der Waals surface area contributed by atoms with E-state index >= 15 is 0 Å². The minimum atomic E-state index is -3.70. The van der Waals surface area contributed by atoms with Crippen LogP contribution in [0, 0.1) is 0 Å². The third-order valence-corrected chi connectivity index (χ3v) is 4.38. The van der Waals surface area contributed by atoms with Gasteiger partial charge in [-0.2, -0.15) is 8.42 Å². The van der Waals surface area contributed by atoms with E-state index < -0.39 is 10.2 Å². The molecule has 0 bridgehead atoms. The minimum Gasteiger partial charge on any atom is -0.310 e. The molecule has 3 N–H and O–H groups in total. The van der Waals surface area contributed by atoms with Crippen LogP contribution in [0.2, 0.25) is 0 Å². The predicted octanol–water partition coefficient (Wildman–Crippen LogP) is 1.53. The molecule has 0 saturated heterocycles. The van der Waals surface area contributed by atoms with Crippen LogP contribution >= 0.6 is 0 Å². The molecule has 19 heavy (non-hydrogen) atoms. The Morgan fingerprint density at radius 3 is 2.84 bits per heavy atom. The normalized spacial score (nSPS) is 19.9. The van der Waals surface area contributed by atoms with Crippen LogP contribution in [0.4, 0.5) is 5.69 Å². The zero-order chi connectivity index (χ0) is 13.9. The van der Waals surface area contributed by atoms with E-state index in [1.54, 1.807) is 0 Å². The van der Waals surface area contributed by atoms with Crippen molar-refractivity contribution >= 4 is 15.9 Å². The van der Waals surface area contributed by atoms with E-state index in [0.29, 0.717) is 12.2 Å².